The summed E-state index contributed by atoms with van der Waals surface area (Å²) in [6.45, 7) is 0. The normalized spacial score (nSPS) is 17.1. The monoisotopic (exact) mass is 488 g/mol. The van der Waals surface area contributed by atoms with Crippen molar-refractivity contribution < 1.29 is 38.0 Å². The van der Waals surface area contributed by atoms with Crippen LogP contribution in [-0.4, -0.2) is 40.2 Å². The second kappa shape index (κ2) is 9.30. The molecule has 0 spiro atoms. The fourth-order valence-electron chi connectivity index (χ4n) is 4.66. The zero-order valence-corrected chi connectivity index (χ0v) is 20.2. The van der Waals surface area contributed by atoms with Crippen LogP contribution in [0.1, 0.15) is 39.4 Å². The topological polar surface area (TPSA) is 89.5 Å². The number of para-hydroxylation sites is 1. The third kappa shape index (κ3) is 3.80. The van der Waals surface area contributed by atoms with Crippen molar-refractivity contribution in [3.05, 3.63) is 76.5 Å². The van der Waals surface area contributed by atoms with Gasteiger partial charge in [0, 0.05) is 17.0 Å². The Balaban J connectivity index is 1.61. The molecule has 0 fully saturated rings. The maximum atomic E-state index is 13.3. The SMILES string of the molecule is COc1ccccc1C1CC(=O)Oc2ccc3c(c21)OC(=Cc1cc(OC)c(OC)c(OC)c1)C3=O. The lowest BCUT2D eigenvalue weighted by molar-refractivity contribution is -0.135. The molecule has 1 atom stereocenters. The number of carbonyl (C=O) groups is 2. The molecule has 0 N–H and O–H groups in total. The fraction of sp³-hybridized carbons (Fsp3) is 0.214. The molecule has 0 aliphatic carbocycles. The van der Waals surface area contributed by atoms with Crippen molar-refractivity contribution in [2.24, 2.45) is 0 Å². The van der Waals surface area contributed by atoms with E-state index in [1.165, 1.54) is 21.3 Å². The summed E-state index contributed by atoms with van der Waals surface area (Å²) in [7, 11) is 6.14. The molecular formula is C28H24O8. The van der Waals surface area contributed by atoms with E-state index in [-0.39, 0.29) is 23.9 Å². The Hall–Kier alpha value is -4.46. The average molecular weight is 488 g/mol. The third-order valence-corrected chi connectivity index (χ3v) is 6.28. The largest absolute Gasteiger partial charge is 0.496 e. The van der Waals surface area contributed by atoms with E-state index in [4.69, 9.17) is 28.4 Å². The average Bonchev–Trinajstić information content (AvgIpc) is 3.22. The Bertz CT molecular complexity index is 1380. The van der Waals surface area contributed by atoms with Crippen LogP contribution < -0.4 is 28.4 Å². The van der Waals surface area contributed by atoms with Crippen LogP contribution in [0.25, 0.3) is 6.08 Å². The second-order valence-corrected chi connectivity index (χ2v) is 8.23. The number of esters is 1. The first kappa shape index (κ1) is 23.3. The number of fused-ring (bicyclic) bond motifs is 3. The molecule has 1 unspecified atom stereocenters. The van der Waals surface area contributed by atoms with E-state index < -0.39 is 5.92 Å². The van der Waals surface area contributed by atoms with Crippen molar-refractivity contribution in [1.82, 2.24) is 0 Å². The zero-order valence-electron chi connectivity index (χ0n) is 20.2. The van der Waals surface area contributed by atoms with Crippen molar-refractivity contribution in [2.75, 3.05) is 28.4 Å². The van der Waals surface area contributed by atoms with Crippen LogP contribution in [0, 0.1) is 0 Å². The van der Waals surface area contributed by atoms with Crippen molar-refractivity contribution in [3.8, 4) is 34.5 Å². The highest BCUT2D eigenvalue weighted by Crippen LogP contribution is 2.50. The van der Waals surface area contributed by atoms with Gasteiger partial charge in [-0.1, -0.05) is 18.2 Å². The number of ether oxygens (including phenoxy) is 6. The van der Waals surface area contributed by atoms with Gasteiger partial charge in [0.1, 0.15) is 17.2 Å². The summed E-state index contributed by atoms with van der Waals surface area (Å²) in [4.78, 5) is 25.8. The van der Waals surface area contributed by atoms with E-state index in [0.717, 1.165) is 5.56 Å². The molecule has 0 saturated heterocycles. The summed E-state index contributed by atoms with van der Waals surface area (Å²) in [5.74, 6) is 1.80. The lowest BCUT2D eigenvalue weighted by Gasteiger charge is -2.27. The number of hydrogen-bond donors (Lipinski definition) is 0. The van der Waals surface area contributed by atoms with E-state index in [1.54, 1.807) is 37.5 Å². The molecule has 3 aromatic rings. The summed E-state index contributed by atoms with van der Waals surface area (Å²) in [6.07, 6.45) is 1.71. The Morgan fingerprint density at radius 1 is 0.833 bits per heavy atom. The van der Waals surface area contributed by atoms with Gasteiger partial charge in [0.15, 0.2) is 17.3 Å². The van der Waals surface area contributed by atoms with E-state index in [9.17, 15) is 9.59 Å². The predicted octanol–water partition coefficient (Wildman–Crippen LogP) is 4.78. The summed E-state index contributed by atoms with van der Waals surface area (Å²) in [5.41, 5.74) is 2.47. The van der Waals surface area contributed by atoms with Crippen LogP contribution in [-0.2, 0) is 4.79 Å². The molecule has 0 aromatic heterocycles. The van der Waals surface area contributed by atoms with Crippen LogP contribution in [0.15, 0.2) is 54.3 Å². The smallest absolute Gasteiger partial charge is 0.312 e. The molecular weight excluding hydrogens is 464 g/mol. The quantitative estimate of drug-likeness (QED) is 0.278. The molecule has 0 radical (unpaired) electrons. The number of rotatable bonds is 6. The number of hydrogen-bond acceptors (Lipinski definition) is 8. The first-order valence-corrected chi connectivity index (χ1v) is 11.2. The molecule has 8 heteroatoms. The number of ketones is 1. The van der Waals surface area contributed by atoms with Crippen molar-refractivity contribution in [1.29, 1.82) is 0 Å². The highest BCUT2D eigenvalue weighted by Gasteiger charge is 2.39. The van der Waals surface area contributed by atoms with E-state index in [2.05, 4.69) is 0 Å². The minimum Gasteiger partial charge on any atom is -0.496 e. The lowest BCUT2D eigenvalue weighted by atomic mass is 9.84. The van der Waals surface area contributed by atoms with Gasteiger partial charge in [-0.25, -0.2) is 0 Å². The van der Waals surface area contributed by atoms with E-state index in [1.807, 2.05) is 24.3 Å². The van der Waals surface area contributed by atoms with Crippen LogP contribution >= 0.6 is 0 Å². The molecule has 184 valence electrons. The van der Waals surface area contributed by atoms with Gasteiger partial charge in [-0.15, -0.1) is 0 Å². The molecule has 2 heterocycles. The highest BCUT2D eigenvalue weighted by molar-refractivity contribution is 6.15. The first-order chi connectivity index (χ1) is 17.5. The van der Waals surface area contributed by atoms with Crippen molar-refractivity contribution in [2.45, 2.75) is 12.3 Å². The van der Waals surface area contributed by atoms with Crippen LogP contribution in [0.5, 0.6) is 34.5 Å². The van der Waals surface area contributed by atoms with Crippen LogP contribution in [0.2, 0.25) is 0 Å². The number of carbonyl (C=O) groups excluding carboxylic acids is 2. The van der Waals surface area contributed by atoms with Crippen LogP contribution in [0.4, 0.5) is 0 Å². The van der Waals surface area contributed by atoms with Gasteiger partial charge in [-0.3, -0.25) is 9.59 Å². The summed E-state index contributed by atoms with van der Waals surface area (Å²) in [5, 5.41) is 0. The van der Waals surface area contributed by atoms with Gasteiger partial charge >= 0.3 is 5.97 Å². The maximum absolute atomic E-state index is 13.3. The summed E-state index contributed by atoms with van der Waals surface area (Å²) >= 11 is 0. The molecule has 36 heavy (non-hydrogen) atoms. The number of methoxy groups -OCH3 is 4. The Morgan fingerprint density at radius 3 is 2.19 bits per heavy atom. The lowest BCUT2D eigenvalue weighted by Crippen LogP contribution is -2.22. The predicted molar refractivity (Wildman–Crippen MR) is 131 cm³/mol. The fourth-order valence-corrected chi connectivity index (χ4v) is 4.66. The van der Waals surface area contributed by atoms with Gasteiger partial charge in [-0.05, 0) is 42.0 Å². The second-order valence-electron chi connectivity index (χ2n) is 8.23. The Labute approximate surface area is 207 Å². The number of allylic oxidation sites excluding steroid dienone is 1. The van der Waals surface area contributed by atoms with Gasteiger partial charge in [0.2, 0.25) is 11.5 Å². The molecule has 5 rings (SSSR count). The molecule has 2 aliphatic heterocycles. The third-order valence-electron chi connectivity index (χ3n) is 6.28. The standard InChI is InChI=1S/C28H24O8/c1-31-19-8-6-5-7-16(19)18-14-24(29)35-20-10-9-17-26(30)21(36-27(17)25(18)20)11-15-12-22(32-2)28(34-4)23(13-15)33-3/h5-13,18H,14H2,1-4H3. The van der Waals surface area contributed by atoms with Gasteiger partial charge in [0.05, 0.1) is 40.4 Å². The molecule has 2 aliphatic rings. The Kier molecular flexibility index (Phi) is 6.01. The van der Waals surface area contributed by atoms with Crippen LogP contribution in [0.3, 0.4) is 0 Å². The van der Waals surface area contributed by atoms with Gasteiger partial charge < -0.3 is 28.4 Å². The summed E-state index contributed by atoms with van der Waals surface area (Å²) in [6, 6.07) is 14.2. The molecule has 8 nitrogen and oxygen atoms in total. The molecule has 3 aromatic carbocycles. The number of benzene rings is 3. The zero-order chi connectivity index (χ0) is 25.4. The molecule has 0 bridgehead atoms. The summed E-state index contributed by atoms with van der Waals surface area (Å²) < 4.78 is 33.4. The van der Waals surface area contributed by atoms with E-state index >= 15 is 0 Å². The van der Waals surface area contributed by atoms with Gasteiger partial charge in [0.25, 0.3) is 0 Å². The Morgan fingerprint density at radius 2 is 1.53 bits per heavy atom. The highest BCUT2D eigenvalue weighted by atomic mass is 16.5. The van der Waals surface area contributed by atoms with E-state index in [0.29, 0.717) is 51.2 Å². The molecule has 0 saturated carbocycles. The maximum Gasteiger partial charge on any atom is 0.312 e. The van der Waals surface area contributed by atoms with Gasteiger partial charge in [-0.2, -0.15) is 0 Å². The first-order valence-electron chi connectivity index (χ1n) is 11.2. The van der Waals surface area contributed by atoms with Crippen molar-refractivity contribution in [3.63, 3.8) is 0 Å². The number of Topliss-reactive ketones (excluding diaryl/α,β-unsaturated/α-hetero) is 1. The minimum atomic E-state index is -0.402. The van der Waals surface area contributed by atoms with Crippen molar-refractivity contribution >= 4 is 17.8 Å². The minimum absolute atomic E-state index is 0.0906. The molecule has 0 amide bonds.